The van der Waals surface area contributed by atoms with Crippen molar-refractivity contribution < 1.29 is 29.3 Å². The van der Waals surface area contributed by atoms with Gasteiger partial charge in [-0.25, -0.2) is 19.4 Å². The van der Waals surface area contributed by atoms with E-state index >= 15 is 0 Å². The molecular formula is C25H26N6O7S. The van der Waals surface area contributed by atoms with Gasteiger partial charge in [0.15, 0.2) is 10.8 Å². The van der Waals surface area contributed by atoms with E-state index < -0.39 is 17.4 Å². The summed E-state index contributed by atoms with van der Waals surface area (Å²) in [6.07, 6.45) is 3.09. The second kappa shape index (κ2) is 11.0. The Kier molecular flexibility index (Phi) is 7.76. The van der Waals surface area contributed by atoms with E-state index in [1.54, 1.807) is 49.5 Å². The fourth-order valence-electron chi connectivity index (χ4n) is 4.25. The first-order chi connectivity index (χ1) is 18.5. The van der Waals surface area contributed by atoms with Gasteiger partial charge in [-0.3, -0.25) is 19.0 Å². The Balaban J connectivity index is 0.000000826. The number of hydrogen-bond acceptors (Lipinski definition) is 10. The number of aromatic carboxylic acids is 1. The van der Waals surface area contributed by atoms with E-state index in [2.05, 4.69) is 10.1 Å². The Morgan fingerprint density at radius 3 is 2.46 bits per heavy atom. The predicted octanol–water partition coefficient (Wildman–Crippen LogP) is 1.93. The van der Waals surface area contributed by atoms with Crippen molar-refractivity contribution in [2.45, 2.75) is 20.3 Å². The number of thiazole rings is 1. The van der Waals surface area contributed by atoms with Crippen LogP contribution >= 0.6 is 11.3 Å². The smallest absolute Gasteiger partial charge is 0.341 e. The van der Waals surface area contributed by atoms with Crippen molar-refractivity contribution in [1.82, 2.24) is 24.3 Å². The van der Waals surface area contributed by atoms with Gasteiger partial charge in [0.25, 0.3) is 5.97 Å². The summed E-state index contributed by atoms with van der Waals surface area (Å²) in [4.78, 5) is 57.3. The zero-order chi connectivity index (χ0) is 28.4. The number of Topliss-reactive ketones (excluding diaryl/α,β-unsaturated/α-hetero) is 1. The average molecular weight is 555 g/mol. The fourth-order valence-corrected chi connectivity index (χ4v) is 4.87. The quantitative estimate of drug-likeness (QED) is 0.342. The van der Waals surface area contributed by atoms with E-state index in [9.17, 15) is 19.5 Å². The normalized spacial score (nSPS) is 13.0. The minimum Gasteiger partial charge on any atom is -0.481 e. The van der Waals surface area contributed by atoms with Crippen LogP contribution in [0.1, 0.15) is 28.5 Å². The highest BCUT2D eigenvalue weighted by Crippen LogP contribution is 2.29. The van der Waals surface area contributed by atoms with E-state index in [1.807, 2.05) is 4.90 Å². The van der Waals surface area contributed by atoms with Crippen LogP contribution in [0.15, 0.2) is 34.7 Å². The van der Waals surface area contributed by atoms with Gasteiger partial charge in [0.2, 0.25) is 11.3 Å². The number of aromatic nitrogens is 5. The van der Waals surface area contributed by atoms with Gasteiger partial charge in [0.05, 0.1) is 30.5 Å². The average Bonchev–Trinajstić information content (AvgIpc) is 3.47. The molecule has 0 unspecified atom stereocenters. The molecule has 0 aliphatic carbocycles. The van der Waals surface area contributed by atoms with Crippen molar-refractivity contribution in [2.75, 3.05) is 25.1 Å². The highest BCUT2D eigenvalue weighted by molar-refractivity contribution is 7.12. The summed E-state index contributed by atoms with van der Waals surface area (Å²) < 4.78 is 8.34. The summed E-state index contributed by atoms with van der Waals surface area (Å²) in [6, 6.07) is 3.51. The Morgan fingerprint density at radius 1 is 1.21 bits per heavy atom. The predicted molar refractivity (Wildman–Crippen MR) is 142 cm³/mol. The SMILES string of the molecule is CC(=O)O.COc1cc(CC(=O)C2CN(c3cc(C)c4c(=O)c(C(=O)O)cn(-c5nccs5)c4n3)C2)nn1C. The number of ketones is 1. The number of nitrogens with zero attached hydrogens (tertiary/aromatic N) is 6. The van der Waals surface area contributed by atoms with Crippen molar-refractivity contribution in [3.63, 3.8) is 0 Å². The molecule has 0 saturated carbocycles. The summed E-state index contributed by atoms with van der Waals surface area (Å²) in [5, 5.41) is 23.8. The van der Waals surface area contributed by atoms with Gasteiger partial charge >= 0.3 is 5.97 Å². The molecule has 0 amide bonds. The van der Waals surface area contributed by atoms with E-state index in [4.69, 9.17) is 19.6 Å². The molecule has 5 heterocycles. The van der Waals surface area contributed by atoms with Gasteiger partial charge in [-0.15, -0.1) is 11.3 Å². The first-order valence-corrected chi connectivity index (χ1v) is 12.6. The Labute approximate surface area is 225 Å². The highest BCUT2D eigenvalue weighted by Gasteiger charge is 2.34. The van der Waals surface area contributed by atoms with Gasteiger partial charge in [-0.2, -0.15) is 5.10 Å². The molecule has 204 valence electrons. The number of fused-ring (bicyclic) bond motifs is 1. The van der Waals surface area contributed by atoms with Gasteiger partial charge in [0.1, 0.15) is 17.2 Å². The van der Waals surface area contributed by atoms with Crippen LogP contribution in [0.25, 0.3) is 16.2 Å². The molecular weight excluding hydrogens is 528 g/mol. The molecule has 4 aromatic rings. The molecule has 0 aromatic carbocycles. The lowest BCUT2D eigenvalue weighted by Gasteiger charge is -2.39. The van der Waals surface area contributed by atoms with E-state index in [-0.39, 0.29) is 29.1 Å². The number of carbonyl (C=O) groups is 3. The number of pyridine rings is 2. The standard InChI is InChI=1S/C23H22N6O5S.C2H4O2/c1-12-6-17(28-9-13(10-28)16(30)7-14-8-18(34-3)27(2)26-14)25-21-19(12)20(31)15(22(32)33)11-29(21)23-24-4-5-35-23;1-2(3)4/h4-6,8,11,13H,7,9-10H2,1-3H3,(H,32,33);1H3,(H,3,4). The van der Waals surface area contributed by atoms with Gasteiger partial charge in [0, 0.05) is 50.9 Å². The molecule has 1 fully saturated rings. The molecule has 14 heteroatoms. The van der Waals surface area contributed by atoms with Crippen LogP contribution in [0.5, 0.6) is 5.88 Å². The number of aryl methyl sites for hydroxylation is 2. The Bertz CT molecular complexity index is 1620. The van der Waals surface area contributed by atoms with Gasteiger partial charge in [-0.05, 0) is 18.6 Å². The third kappa shape index (κ3) is 5.65. The monoisotopic (exact) mass is 554 g/mol. The maximum Gasteiger partial charge on any atom is 0.341 e. The number of anilines is 1. The molecule has 13 nitrogen and oxygen atoms in total. The number of methoxy groups -OCH3 is 1. The van der Waals surface area contributed by atoms with Crippen LogP contribution in [0.3, 0.4) is 0 Å². The van der Waals surface area contributed by atoms with Crippen molar-refractivity contribution in [3.05, 3.63) is 57.0 Å². The zero-order valence-electron chi connectivity index (χ0n) is 21.6. The van der Waals surface area contributed by atoms with Crippen molar-refractivity contribution in [1.29, 1.82) is 0 Å². The topological polar surface area (TPSA) is 170 Å². The van der Waals surface area contributed by atoms with Gasteiger partial charge < -0.3 is 19.8 Å². The molecule has 0 bridgehead atoms. The summed E-state index contributed by atoms with van der Waals surface area (Å²) in [5.41, 5.74) is 0.679. The van der Waals surface area contributed by atoms with Crippen molar-refractivity contribution in [3.8, 4) is 11.0 Å². The fraction of sp³-hybridized carbons (Fsp3) is 0.320. The Morgan fingerprint density at radius 2 is 1.90 bits per heavy atom. The molecule has 1 saturated heterocycles. The molecule has 5 rings (SSSR count). The highest BCUT2D eigenvalue weighted by atomic mass is 32.1. The van der Waals surface area contributed by atoms with E-state index in [0.717, 1.165) is 6.92 Å². The minimum absolute atomic E-state index is 0.0882. The van der Waals surface area contributed by atoms with Crippen LogP contribution in [-0.4, -0.2) is 72.4 Å². The number of ether oxygens (including phenoxy) is 1. The van der Waals surface area contributed by atoms with Crippen LogP contribution < -0.4 is 15.1 Å². The van der Waals surface area contributed by atoms with Gasteiger partial charge in [-0.1, -0.05) is 0 Å². The lowest BCUT2D eigenvalue weighted by Crippen LogP contribution is -2.51. The molecule has 39 heavy (non-hydrogen) atoms. The number of carboxylic acids is 2. The maximum atomic E-state index is 12.9. The third-order valence-corrected chi connectivity index (χ3v) is 6.88. The summed E-state index contributed by atoms with van der Waals surface area (Å²) in [5.74, 6) is -0.996. The van der Waals surface area contributed by atoms with Crippen LogP contribution in [0.2, 0.25) is 0 Å². The van der Waals surface area contributed by atoms with Crippen LogP contribution in [0.4, 0.5) is 5.82 Å². The number of rotatable bonds is 7. The van der Waals surface area contributed by atoms with Crippen LogP contribution in [0, 0.1) is 12.8 Å². The number of carbonyl (C=O) groups excluding carboxylic acids is 1. The minimum atomic E-state index is -1.31. The second-order valence-electron chi connectivity index (χ2n) is 8.92. The zero-order valence-corrected chi connectivity index (χ0v) is 22.4. The third-order valence-electron chi connectivity index (χ3n) is 6.11. The lowest BCUT2D eigenvalue weighted by molar-refractivity contribution is -0.134. The first kappa shape index (κ1) is 27.4. The maximum absolute atomic E-state index is 12.9. The summed E-state index contributed by atoms with van der Waals surface area (Å²) in [7, 11) is 3.32. The lowest BCUT2D eigenvalue weighted by atomic mass is 9.92. The Hall–Kier alpha value is -4.59. The summed E-state index contributed by atoms with van der Waals surface area (Å²) >= 11 is 1.31. The largest absolute Gasteiger partial charge is 0.481 e. The van der Waals surface area contributed by atoms with E-state index in [1.165, 1.54) is 22.1 Å². The molecule has 2 N–H and O–H groups in total. The number of hydrogen-bond donors (Lipinski definition) is 2. The number of carboxylic acid groups (broad SMARTS) is 2. The molecule has 1 aliphatic heterocycles. The van der Waals surface area contributed by atoms with Crippen molar-refractivity contribution >= 4 is 45.9 Å². The van der Waals surface area contributed by atoms with E-state index in [0.29, 0.717) is 46.8 Å². The summed E-state index contributed by atoms with van der Waals surface area (Å²) in [6.45, 7) is 3.83. The molecule has 0 atom stereocenters. The molecule has 0 spiro atoms. The number of aliphatic carboxylic acids is 1. The molecule has 0 radical (unpaired) electrons. The second-order valence-corrected chi connectivity index (χ2v) is 9.80. The molecule has 1 aliphatic rings. The van der Waals surface area contributed by atoms with Crippen molar-refractivity contribution in [2.24, 2.45) is 13.0 Å². The van der Waals surface area contributed by atoms with Crippen LogP contribution in [-0.2, 0) is 23.1 Å². The first-order valence-electron chi connectivity index (χ1n) is 11.7. The molecule has 4 aromatic heterocycles.